The molecule has 2 aromatic rings. The summed E-state index contributed by atoms with van der Waals surface area (Å²) in [5.74, 6) is 0.0657. The lowest BCUT2D eigenvalue weighted by Gasteiger charge is -2.33. The van der Waals surface area contributed by atoms with Crippen LogP contribution in [0.4, 0.5) is 0 Å². The molecule has 1 atom stereocenters. The summed E-state index contributed by atoms with van der Waals surface area (Å²) in [6.45, 7) is 2.92. The van der Waals surface area contributed by atoms with E-state index < -0.39 is 10.2 Å². The highest BCUT2D eigenvalue weighted by atomic mass is 32.2. The molecular formula is C15H22N6O2S. The molecule has 1 aliphatic rings. The van der Waals surface area contributed by atoms with Crippen LogP contribution in [0.5, 0.6) is 0 Å². The molecule has 0 unspecified atom stereocenters. The monoisotopic (exact) mass is 350 g/mol. The fourth-order valence-electron chi connectivity index (χ4n) is 2.85. The second kappa shape index (κ2) is 6.58. The molecule has 1 fully saturated rings. The Labute approximate surface area is 142 Å². The van der Waals surface area contributed by atoms with Gasteiger partial charge in [-0.2, -0.15) is 22.1 Å². The highest BCUT2D eigenvalue weighted by molar-refractivity contribution is 7.86. The van der Waals surface area contributed by atoms with Gasteiger partial charge in [0, 0.05) is 45.0 Å². The fraction of sp³-hybridized carbons (Fsp3) is 0.533. The van der Waals surface area contributed by atoms with E-state index in [1.165, 1.54) is 8.61 Å². The van der Waals surface area contributed by atoms with Gasteiger partial charge in [0.15, 0.2) is 0 Å². The second-order valence-electron chi connectivity index (χ2n) is 6.25. The number of H-pyrrole nitrogens is 1. The first-order valence-electron chi connectivity index (χ1n) is 7.90. The van der Waals surface area contributed by atoms with Crippen LogP contribution in [0, 0.1) is 6.92 Å². The van der Waals surface area contributed by atoms with Gasteiger partial charge in [-0.15, -0.1) is 0 Å². The SMILES string of the molecule is Cc1cc(-c2cnc([C@@H]3CCCN(S(=O)(=O)N(C)C)C3)cn2)n[nH]1. The van der Waals surface area contributed by atoms with Crippen LogP contribution in [-0.2, 0) is 10.2 Å². The number of hydrogen-bond acceptors (Lipinski definition) is 5. The van der Waals surface area contributed by atoms with Crippen LogP contribution >= 0.6 is 0 Å². The summed E-state index contributed by atoms with van der Waals surface area (Å²) in [6.07, 6.45) is 5.16. The van der Waals surface area contributed by atoms with Crippen LogP contribution in [-0.4, -0.2) is 64.4 Å². The van der Waals surface area contributed by atoms with Gasteiger partial charge in [0.1, 0.15) is 11.4 Å². The minimum absolute atomic E-state index is 0.0657. The van der Waals surface area contributed by atoms with E-state index in [0.717, 1.165) is 29.9 Å². The zero-order valence-corrected chi connectivity index (χ0v) is 14.9. The Morgan fingerprint density at radius 2 is 2.04 bits per heavy atom. The molecular weight excluding hydrogens is 328 g/mol. The molecule has 3 heterocycles. The van der Waals surface area contributed by atoms with Gasteiger partial charge >= 0.3 is 0 Å². The summed E-state index contributed by atoms with van der Waals surface area (Å²) in [6, 6.07) is 1.91. The second-order valence-corrected chi connectivity index (χ2v) is 8.39. The van der Waals surface area contributed by atoms with E-state index in [4.69, 9.17) is 0 Å². The van der Waals surface area contributed by atoms with Crippen LogP contribution in [0.3, 0.4) is 0 Å². The largest absolute Gasteiger partial charge is 0.282 e. The molecule has 0 bridgehead atoms. The molecule has 0 amide bonds. The predicted octanol–water partition coefficient (Wildman–Crippen LogP) is 1.16. The van der Waals surface area contributed by atoms with Crippen molar-refractivity contribution in [2.75, 3.05) is 27.2 Å². The predicted molar refractivity (Wildman–Crippen MR) is 90.5 cm³/mol. The number of nitrogens with zero attached hydrogens (tertiary/aromatic N) is 5. The number of hydrogen-bond donors (Lipinski definition) is 1. The standard InChI is InChI=1S/C15H22N6O2S/c1-11-7-13(19-18-11)15-9-16-14(8-17-15)12-5-4-6-21(10-12)24(22,23)20(2)3/h7-9,12H,4-6,10H2,1-3H3,(H,18,19)/t12-/m1/s1. The maximum atomic E-state index is 12.3. The van der Waals surface area contributed by atoms with E-state index in [2.05, 4.69) is 20.2 Å². The van der Waals surface area contributed by atoms with Gasteiger partial charge in [-0.05, 0) is 25.8 Å². The van der Waals surface area contributed by atoms with E-state index in [0.29, 0.717) is 18.8 Å². The fourth-order valence-corrected chi connectivity index (χ4v) is 4.04. The maximum Gasteiger partial charge on any atom is 0.281 e. The van der Waals surface area contributed by atoms with Crippen molar-refractivity contribution >= 4 is 10.2 Å². The van der Waals surface area contributed by atoms with E-state index in [1.54, 1.807) is 26.5 Å². The molecule has 1 N–H and O–H groups in total. The zero-order chi connectivity index (χ0) is 17.3. The average molecular weight is 350 g/mol. The third kappa shape index (κ3) is 3.33. The zero-order valence-electron chi connectivity index (χ0n) is 14.1. The van der Waals surface area contributed by atoms with Gasteiger partial charge in [-0.1, -0.05) is 0 Å². The molecule has 2 aromatic heterocycles. The van der Waals surface area contributed by atoms with Crippen LogP contribution in [0.2, 0.25) is 0 Å². The molecule has 1 saturated heterocycles. The summed E-state index contributed by atoms with van der Waals surface area (Å²) in [7, 11) is -0.275. The number of aromatic nitrogens is 4. The Morgan fingerprint density at radius 1 is 1.25 bits per heavy atom. The summed E-state index contributed by atoms with van der Waals surface area (Å²) in [5.41, 5.74) is 3.25. The smallest absolute Gasteiger partial charge is 0.281 e. The molecule has 0 radical (unpaired) electrons. The molecule has 1 aliphatic heterocycles. The van der Waals surface area contributed by atoms with E-state index in [9.17, 15) is 8.42 Å². The maximum absolute atomic E-state index is 12.3. The van der Waals surface area contributed by atoms with E-state index in [1.807, 2.05) is 13.0 Å². The third-order valence-electron chi connectivity index (χ3n) is 4.23. The Bertz CT molecular complexity index is 800. The molecule has 0 spiro atoms. The van der Waals surface area contributed by atoms with Gasteiger partial charge < -0.3 is 0 Å². The number of nitrogens with one attached hydrogen (secondary N) is 1. The number of piperidine rings is 1. The molecule has 0 aliphatic carbocycles. The van der Waals surface area contributed by atoms with Gasteiger partial charge in [-0.25, -0.2) is 0 Å². The molecule has 8 nitrogen and oxygen atoms in total. The lowest BCUT2D eigenvalue weighted by molar-refractivity contribution is 0.296. The third-order valence-corrected chi connectivity index (χ3v) is 6.14. The van der Waals surface area contributed by atoms with Gasteiger partial charge in [0.25, 0.3) is 10.2 Å². The van der Waals surface area contributed by atoms with Crippen LogP contribution in [0.1, 0.15) is 30.1 Å². The van der Waals surface area contributed by atoms with Crippen molar-refractivity contribution in [1.82, 2.24) is 28.8 Å². The van der Waals surface area contributed by atoms with Crippen molar-refractivity contribution in [1.29, 1.82) is 0 Å². The van der Waals surface area contributed by atoms with Gasteiger partial charge in [-0.3, -0.25) is 15.1 Å². The summed E-state index contributed by atoms with van der Waals surface area (Å²) in [4.78, 5) is 8.93. The minimum atomic E-state index is -3.38. The lowest BCUT2D eigenvalue weighted by atomic mass is 9.96. The average Bonchev–Trinajstić information content (AvgIpc) is 3.01. The molecule has 3 rings (SSSR count). The topological polar surface area (TPSA) is 95.1 Å². The van der Waals surface area contributed by atoms with Crippen LogP contribution < -0.4 is 0 Å². The van der Waals surface area contributed by atoms with Crippen LogP contribution in [0.15, 0.2) is 18.5 Å². The first-order chi connectivity index (χ1) is 11.4. The van der Waals surface area contributed by atoms with Crippen molar-refractivity contribution in [3.05, 3.63) is 29.8 Å². The number of aryl methyl sites for hydroxylation is 1. The Morgan fingerprint density at radius 3 is 2.62 bits per heavy atom. The highest BCUT2D eigenvalue weighted by Gasteiger charge is 2.31. The van der Waals surface area contributed by atoms with Crippen molar-refractivity contribution in [2.24, 2.45) is 0 Å². The summed E-state index contributed by atoms with van der Waals surface area (Å²) < 4.78 is 27.4. The highest BCUT2D eigenvalue weighted by Crippen LogP contribution is 2.27. The van der Waals surface area contributed by atoms with Crippen molar-refractivity contribution < 1.29 is 8.42 Å². The van der Waals surface area contributed by atoms with Crippen molar-refractivity contribution in [3.8, 4) is 11.4 Å². The lowest BCUT2D eigenvalue weighted by Crippen LogP contribution is -2.45. The van der Waals surface area contributed by atoms with Crippen LogP contribution in [0.25, 0.3) is 11.4 Å². The summed E-state index contributed by atoms with van der Waals surface area (Å²) in [5, 5.41) is 7.05. The van der Waals surface area contributed by atoms with E-state index >= 15 is 0 Å². The quantitative estimate of drug-likeness (QED) is 0.893. The minimum Gasteiger partial charge on any atom is -0.282 e. The number of aromatic amines is 1. The van der Waals surface area contributed by atoms with E-state index in [-0.39, 0.29) is 5.92 Å². The Kier molecular flexibility index (Phi) is 4.66. The molecule has 0 aromatic carbocycles. The summed E-state index contributed by atoms with van der Waals surface area (Å²) >= 11 is 0. The van der Waals surface area contributed by atoms with Gasteiger partial charge in [0.05, 0.1) is 11.9 Å². The molecule has 130 valence electrons. The van der Waals surface area contributed by atoms with Crippen molar-refractivity contribution in [2.45, 2.75) is 25.7 Å². The first-order valence-corrected chi connectivity index (χ1v) is 9.29. The normalized spacial score (nSPS) is 19.8. The van der Waals surface area contributed by atoms with Gasteiger partial charge in [0.2, 0.25) is 0 Å². The molecule has 9 heteroatoms. The molecule has 24 heavy (non-hydrogen) atoms. The Hall–Kier alpha value is -1.84. The molecule has 0 saturated carbocycles. The van der Waals surface area contributed by atoms with Crippen molar-refractivity contribution in [3.63, 3.8) is 0 Å². The Balaban J connectivity index is 1.77. The number of rotatable bonds is 4. The first kappa shape index (κ1) is 17.0.